The number of hydrogen-bond donors (Lipinski definition) is 0. The van der Waals surface area contributed by atoms with Gasteiger partial charge in [-0.1, -0.05) is 48.9 Å². The van der Waals surface area contributed by atoms with Crippen molar-refractivity contribution in [3.05, 3.63) is 47.5 Å². The van der Waals surface area contributed by atoms with Crippen LogP contribution in [0.1, 0.15) is 30.9 Å². The lowest BCUT2D eigenvalue weighted by Crippen LogP contribution is -1.83. The van der Waals surface area contributed by atoms with Crippen molar-refractivity contribution in [2.24, 2.45) is 0 Å². The Balaban J connectivity index is 2.41. The lowest BCUT2D eigenvalue weighted by atomic mass is 10.1. The summed E-state index contributed by atoms with van der Waals surface area (Å²) in [5.74, 6) is 0. The van der Waals surface area contributed by atoms with Gasteiger partial charge in [0.2, 0.25) is 0 Å². The molecule has 0 spiro atoms. The first-order valence-electron chi connectivity index (χ1n) is 5.03. The van der Waals surface area contributed by atoms with Crippen molar-refractivity contribution in [2.45, 2.75) is 33.1 Å². The summed E-state index contributed by atoms with van der Waals surface area (Å²) in [6.07, 6.45) is 7.97. The third-order valence-electron chi connectivity index (χ3n) is 2.08. The maximum atomic E-state index is 2.27. The van der Waals surface area contributed by atoms with E-state index in [0.717, 1.165) is 19.3 Å². The first-order chi connectivity index (χ1) is 6.33. The molecule has 0 aliphatic rings. The van der Waals surface area contributed by atoms with Gasteiger partial charge in [0.05, 0.1) is 0 Å². The van der Waals surface area contributed by atoms with E-state index in [1.807, 2.05) is 0 Å². The average molecular weight is 174 g/mol. The number of hydrogen-bond acceptors (Lipinski definition) is 0. The van der Waals surface area contributed by atoms with Crippen LogP contribution < -0.4 is 0 Å². The van der Waals surface area contributed by atoms with Crippen molar-refractivity contribution in [2.75, 3.05) is 0 Å². The monoisotopic (exact) mass is 174 g/mol. The highest BCUT2D eigenvalue weighted by Gasteiger charge is 1.90. The van der Waals surface area contributed by atoms with Crippen LogP contribution in [-0.2, 0) is 6.42 Å². The fraction of sp³-hybridized carbons (Fsp3) is 0.385. The van der Waals surface area contributed by atoms with Crippen LogP contribution in [0.4, 0.5) is 0 Å². The highest BCUT2D eigenvalue weighted by molar-refractivity contribution is 5.22. The Bertz CT molecular complexity index is 271. The molecule has 0 aromatic heterocycles. The van der Waals surface area contributed by atoms with Crippen molar-refractivity contribution < 1.29 is 0 Å². The van der Waals surface area contributed by atoms with Gasteiger partial charge in [-0.15, -0.1) is 0 Å². The summed E-state index contributed by atoms with van der Waals surface area (Å²) in [7, 11) is 0. The first-order valence-corrected chi connectivity index (χ1v) is 5.03. The minimum absolute atomic E-state index is 1.15. The Labute approximate surface area is 81.3 Å². The molecule has 0 heterocycles. The Hall–Kier alpha value is -1.04. The highest BCUT2D eigenvalue weighted by Crippen LogP contribution is 2.06. The molecule has 1 aromatic carbocycles. The van der Waals surface area contributed by atoms with Gasteiger partial charge in [-0.3, -0.25) is 0 Å². The predicted octanol–water partition coefficient (Wildman–Crippen LogP) is 3.89. The summed E-state index contributed by atoms with van der Waals surface area (Å²) >= 11 is 0. The van der Waals surface area contributed by atoms with E-state index in [2.05, 4.69) is 50.3 Å². The molecule has 0 atom stereocenters. The molecule has 0 saturated carbocycles. The second kappa shape index (κ2) is 5.58. The molecule has 0 N–H and O–H groups in total. The second-order valence-electron chi connectivity index (χ2n) is 3.41. The number of aryl methyl sites for hydroxylation is 2. The van der Waals surface area contributed by atoms with Crippen molar-refractivity contribution in [1.29, 1.82) is 0 Å². The maximum Gasteiger partial charge on any atom is -0.0244 e. The molecule has 0 unspecified atom stereocenters. The summed E-state index contributed by atoms with van der Waals surface area (Å²) in [6.45, 7) is 4.31. The fourth-order valence-corrected chi connectivity index (χ4v) is 1.40. The minimum atomic E-state index is 1.15. The van der Waals surface area contributed by atoms with Gasteiger partial charge in [-0.25, -0.2) is 0 Å². The Morgan fingerprint density at radius 2 is 2.08 bits per heavy atom. The van der Waals surface area contributed by atoms with E-state index in [-0.39, 0.29) is 0 Å². The van der Waals surface area contributed by atoms with Gasteiger partial charge in [0.25, 0.3) is 0 Å². The van der Waals surface area contributed by atoms with E-state index in [1.165, 1.54) is 11.1 Å². The SMILES string of the molecule is CC/C=C/CCc1cccc(C)c1. The van der Waals surface area contributed by atoms with Crippen LogP contribution in [0.15, 0.2) is 36.4 Å². The number of allylic oxidation sites excluding steroid dienone is 2. The molecule has 1 rings (SSSR count). The van der Waals surface area contributed by atoms with Gasteiger partial charge in [0.15, 0.2) is 0 Å². The van der Waals surface area contributed by atoms with Crippen LogP contribution in [-0.4, -0.2) is 0 Å². The third-order valence-corrected chi connectivity index (χ3v) is 2.08. The van der Waals surface area contributed by atoms with E-state index in [9.17, 15) is 0 Å². The molecule has 0 nitrogen and oxygen atoms in total. The van der Waals surface area contributed by atoms with Crippen LogP contribution in [0, 0.1) is 6.92 Å². The summed E-state index contributed by atoms with van der Waals surface area (Å²) in [4.78, 5) is 0. The molecule has 1 aromatic rings. The molecule has 0 bridgehead atoms. The van der Waals surface area contributed by atoms with Crippen molar-refractivity contribution >= 4 is 0 Å². The molecule has 0 fully saturated rings. The van der Waals surface area contributed by atoms with Gasteiger partial charge in [0.1, 0.15) is 0 Å². The minimum Gasteiger partial charge on any atom is -0.0888 e. The van der Waals surface area contributed by atoms with Gasteiger partial charge in [0, 0.05) is 0 Å². The number of rotatable bonds is 4. The third kappa shape index (κ3) is 3.93. The molecule has 0 aliphatic carbocycles. The van der Waals surface area contributed by atoms with E-state index in [1.54, 1.807) is 0 Å². The summed E-state index contributed by atoms with van der Waals surface area (Å²) in [5.41, 5.74) is 2.80. The molecule has 0 amide bonds. The van der Waals surface area contributed by atoms with Gasteiger partial charge < -0.3 is 0 Å². The average Bonchev–Trinajstić information content (AvgIpc) is 2.13. The zero-order valence-corrected chi connectivity index (χ0v) is 8.59. The van der Waals surface area contributed by atoms with E-state index in [4.69, 9.17) is 0 Å². The van der Waals surface area contributed by atoms with Crippen LogP contribution in [0.3, 0.4) is 0 Å². The molecule has 0 saturated heterocycles. The van der Waals surface area contributed by atoms with Gasteiger partial charge in [-0.2, -0.15) is 0 Å². The zero-order valence-electron chi connectivity index (χ0n) is 8.59. The smallest absolute Gasteiger partial charge is 0.0244 e. The zero-order chi connectivity index (χ0) is 9.52. The molecule has 0 heteroatoms. The molecule has 70 valence electrons. The Morgan fingerprint density at radius 1 is 1.23 bits per heavy atom. The lowest BCUT2D eigenvalue weighted by Gasteiger charge is -1.99. The van der Waals surface area contributed by atoms with Gasteiger partial charge in [-0.05, 0) is 31.7 Å². The Morgan fingerprint density at radius 3 is 2.77 bits per heavy atom. The quantitative estimate of drug-likeness (QED) is 0.607. The van der Waals surface area contributed by atoms with Gasteiger partial charge >= 0.3 is 0 Å². The predicted molar refractivity (Wildman–Crippen MR) is 58.9 cm³/mol. The highest BCUT2D eigenvalue weighted by atomic mass is 14.0. The first kappa shape index (κ1) is 10.0. The molecule has 13 heavy (non-hydrogen) atoms. The normalized spacial score (nSPS) is 10.9. The fourth-order valence-electron chi connectivity index (χ4n) is 1.40. The molecule has 0 aliphatic heterocycles. The van der Waals surface area contributed by atoms with E-state index in [0.29, 0.717) is 0 Å². The topological polar surface area (TPSA) is 0 Å². The van der Waals surface area contributed by atoms with E-state index < -0.39 is 0 Å². The van der Waals surface area contributed by atoms with Crippen molar-refractivity contribution in [3.63, 3.8) is 0 Å². The largest absolute Gasteiger partial charge is 0.0888 e. The summed E-state index contributed by atoms with van der Waals surface area (Å²) in [5, 5.41) is 0. The summed E-state index contributed by atoms with van der Waals surface area (Å²) < 4.78 is 0. The summed E-state index contributed by atoms with van der Waals surface area (Å²) in [6, 6.07) is 8.74. The molecule has 0 radical (unpaired) electrons. The van der Waals surface area contributed by atoms with Crippen molar-refractivity contribution in [1.82, 2.24) is 0 Å². The van der Waals surface area contributed by atoms with Crippen LogP contribution >= 0.6 is 0 Å². The van der Waals surface area contributed by atoms with E-state index >= 15 is 0 Å². The lowest BCUT2D eigenvalue weighted by molar-refractivity contribution is 0.989. The standard InChI is InChI=1S/C13H18/c1-3-4-5-6-9-13-10-7-8-12(2)11-13/h4-5,7-8,10-11H,3,6,9H2,1-2H3/b5-4+. The number of benzene rings is 1. The van der Waals surface area contributed by atoms with Crippen molar-refractivity contribution in [3.8, 4) is 0 Å². The van der Waals surface area contributed by atoms with Crippen LogP contribution in [0.2, 0.25) is 0 Å². The maximum absolute atomic E-state index is 2.27. The second-order valence-corrected chi connectivity index (χ2v) is 3.41. The van der Waals surface area contributed by atoms with Crippen LogP contribution in [0.25, 0.3) is 0 Å². The molecular weight excluding hydrogens is 156 g/mol. The molecular formula is C13H18. The Kier molecular flexibility index (Phi) is 4.31. The van der Waals surface area contributed by atoms with Crippen LogP contribution in [0.5, 0.6) is 0 Å².